The Labute approximate surface area is 234 Å². The van der Waals surface area contributed by atoms with Crippen molar-refractivity contribution in [2.24, 2.45) is 0 Å². The summed E-state index contributed by atoms with van der Waals surface area (Å²) in [6, 6.07) is 37.8. The molecule has 5 aromatic carbocycles. The zero-order valence-electron chi connectivity index (χ0n) is 24.2. The number of nitrogens with zero attached hydrogens (tertiary/aromatic N) is 2. The van der Waals surface area contributed by atoms with Crippen molar-refractivity contribution in [2.75, 3.05) is 9.80 Å². The monoisotopic (exact) mass is 510 g/mol. The smallest absolute Gasteiger partial charge is 0.0520 e. The fraction of sp³-hybridized carbons (Fsp3) is 0.189. The number of hydrogen-bond acceptors (Lipinski definition) is 2. The van der Waals surface area contributed by atoms with E-state index in [1.807, 2.05) is 0 Å². The molecule has 2 heteroatoms. The molecule has 196 valence electrons. The average molecular weight is 511 g/mol. The van der Waals surface area contributed by atoms with Crippen LogP contribution in [0.1, 0.15) is 38.9 Å². The van der Waals surface area contributed by atoms with Gasteiger partial charge in [-0.2, -0.15) is 0 Å². The second kappa shape index (κ2) is 10.8. The summed E-state index contributed by atoms with van der Waals surface area (Å²) in [5.41, 5.74) is 15.9. The van der Waals surface area contributed by atoms with Gasteiger partial charge >= 0.3 is 0 Å². The molecule has 0 saturated heterocycles. The van der Waals surface area contributed by atoms with Gasteiger partial charge in [-0.15, -0.1) is 0 Å². The summed E-state index contributed by atoms with van der Waals surface area (Å²) >= 11 is 0. The van der Waals surface area contributed by atoms with Gasteiger partial charge in [-0.3, -0.25) is 0 Å². The second-order valence-corrected chi connectivity index (χ2v) is 10.9. The third kappa shape index (κ3) is 5.47. The first-order chi connectivity index (χ1) is 18.7. The predicted molar refractivity (Wildman–Crippen MR) is 169 cm³/mol. The zero-order chi connectivity index (χ0) is 27.7. The molecule has 0 heterocycles. The van der Waals surface area contributed by atoms with Gasteiger partial charge in [0.15, 0.2) is 0 Å². The van der Waals surface area contributed by atoms with Crippen LogP contribution in [0.2, 0.25) is 0 Å². The van der Waals surface area contributed by atoms with E-state index >= 15 is 0 Å². The molecule has 0 unspecified atom stereocenters. The van der Waals surface area contributed by atoms with Crippen molar-refractivity contribution in [3.8, 4) is 0 Å². The molecule has 0 aliphatic rings. The van der Waals surface area contributed by atoms with E-state index in [4.69, 9.17) is 0 Å². The summed E-state index contributed by atoms with van der Waals surface area (Å²) in [6.07, 6.45) is 0. The highest BCUT2D eigenvalue weighted by Gasteiger charge is 2.20. The van der Waals surface area contributed by atoms with Crippen LogP contribution in [-0.2, 0) is 0 Å². The quantitative estimate of drug-likeness (QED) is 0.224. The third-order valence-electron chi connectivity index (χ3n) is 7.40. The molecule has 39 heavy (non-hydrogen) atoms. The van der Waals surface area contributed by atoms with Crippen LogP contribution in [0.25, 0.3) is 0 Å². The topological polar surface area (TPSA) is 6.48 Å². The van der Waals surface area contributed by atoms with Crippen LogP contribution in [0.3, 0.4) is 0 Å². The van der Waals surface area contributed by atoms with Gasteiger partial charge in [-0.05, 0) is 120 Å². The van der Waals surface area contributed by atoms with E-state index in [9.17, 15) is 0 Å². The zero-order valence-corrected chi connectivity index (χ0v) is 24.2. The van der Waals surface area contributed by atoms with Gasteiger partial charge < -0.3 is 9.80 Å². The lowest BCUT2D eigenvalue weighted by Crippen LogP contribution is -2.15. The van der Waals surface area contributed by atoms with E-state index in [1.165, 1.54) is 50.3 Å². The Morgan fingerprint density at radius 3 is 1.13 bits per heavy atom. The van der Waals surface area contributed by atoms with Gasteiger partial charge in [0.25, 0.3) is 0 Å². The number of rotatable bonds is 6. The molecule has 0 N–H and O–H groups in total. The first-order valence-electron chi connectivity index (χ1n) is 13.7. The molecule has 0 radical (unpaired) electrons. The van der Waals surface area contributed by atoms with Crippen molar-refractivity contribution in [3.63, 3.8) is 0 Å². The molecule has 0 fully saturated rings. The van der Waals surface area contributed by atoms with E-state index in [0.29, 0.717) is 0 Å². The Balaban J connectivity index is 1.65. The number of hydrogen-bond donors (Lipinski definition) is 0. The van der Waals surface area contributed by atoms with Crippen LogP contribution >= 0.6 is 0 Å². The van der Waals surface area contributed by atoms with E-state index in [1.54, 1.807) is 0 Å². The molecule has 0 bridgehead atoms. The molecule has 5 rings (SSSR count). The van der Waals surface area contributed by atoms with Crippen molar-refractivity contribution >= 4 is 34.1 Å². The molecule has 2 nitrogen and oxygen atoms in total. The van der Waals surface area contributed by atoms with Crippen LogP contribution in [-0.4, -0.2) is 0 Å². The minimum absolute atomic E-state index is 1.13. The summed E-state index contributed by atoms with van der Waals surface area (Å²) in [5.74, 6) is 0. The molecular weight excluding hydrogens is 472 g/mol. The molecule has 0 atom stereocenters. The maximum absolute atomic E-state index is 2.42. The van der Waals surface area contributed by atoms with E-state index < -0.39 is 0 Å². The largest absolute Gasteiger partial charge is 0.311 e. The van der Waals surface area contributed by atoms with Gasteiger partial charge in [-0.25, -0.2) is 0 Å². The van der Waals surface area contributed by atoms with Crippen molar-refractivity contribution in [3.05, 3.63) is 142 Å². The average Bonchev–Trinajstić information content (AvgIpc) is 2.90. The summed E-state index contributed by atoms with van der Waals surface area (Å²) in [4.78, 5) is 4.75. The first-order valence-corrected chi connectivity index (χ1v) is 13.7. The summed E-state index contributed by atoms with van der Waals surface area (Å²) < 4.78 is 0. The highest BCUT2D eigenvalue weighted by atomic mass is 15.2. The van der Waals surface area contributed by atoms with Crippen molar-refractivity contribution < 1.29 is 0 Å². The lowest BCUT2D eigenvalue weighted by Gasteiger charge is -2.31. The summed E-state index contributed by atoms with van der Waals surface area (Å²) in [5, 5.41) is 0. The molecule has 0 aliphatic heterocycles. The number of anilines is 6. The second-order valence-electron chi connectivity index (χ2n) is 10.9. The molecule has 0 aromatic heterocycles. The first kappa shape index (κ1) is 26.3. The Bertz CT molecular complexity index is 1530. The Hall–Kier alpha value is -4.30. The highest BCUT2D eigenvalue weighted by Crippen LogP contribution is 2.42. The molecule has 0 aliphatic carbocycles. The van der Waals surface area contributed by atoms with Crippen LogP contribution in [0.4, 0.5) is 34.1 Å². The predicted octanol–water partition coefficient (Wildman–Crippen LogP) is 10.8. The van der Waals surface area contributed by atoms with Crippen molar-refractivity contribution in [2.45, 2.75) is 48.5 Å². The lowest BCUT2D eigenvalue weighted by molar-refractivity contribution is 1.18. The van der Waals surface area contributed by atoms with E-state index in [2.05, 4.69) is 161 Å². The van der Waals surface area contributed by atoms with Crippen LogP contribution in [0.15, 0.2) is 103 Å². The van der Waals surface area contributed by atoms with Crippen molar-refractivity contribution in [1.29, 1.82) is 0 Å². The minimum atomic E-state index is 1.13. The Morgan fingerprint density at radius 2 is 0.692 bits per heavy atom. The van der Waals surface area contributed by atoms with Gasteiger partial charge in [-0.1, -0.05) is 70.8 Å². The van der Waals surface area contributed by atoms with Gasteiger partial charge in [0.2, 0.25) is 0 Å². The Morgan fingerprint density at radius 1 is 0.333 bits per heavy atom. The fourth-order valence-electron chi connectivity index (χ4n) is 5.56. The number of aryl methyl sites for hydroxylation is 7. The third-order valence-corrected chi connectivity index (χ3v) is 7.40. The molecule has 5 aromatic rings. The van der Waals surface area contributed by atoms with Crippen molar-refractivity contribution in [1.82, 2.24) is 0 Å². The minimum Gasteiger partial charge on any atom is -0.311 e. The van der Waals surface area contributed by atoms with Crippen LogP contribution < -0.4 is 9.80 Å². The molecular formula is C37H38N2. The highest BCUT2D eigenvalue weighted by molar-refractivity contribution is 5.84. The van der Waals surface area contributed by atoms with Gasteiger partial charge in [0, 0.05) is 28.4 Å². The van der Waals surface area contributed by atoms with Gasteiger partial charge in [0.1, 0.15) is 0 Å². The molecule has 0 saturated carbocycles. The normalized spacial score (nSPS) is 10.9. The fourth-order valence-corrected chi connectivity index (χ4v) is 5.56. The SMILES string of the molecule is Cc1ccc(N(c2ccc(C)cc2)c2ccc(N(c3ccc(C)cc3C)c3c(C)cc(C)cc3C)cc2)cc1. The van der Waals surface area contributed by atoms with Crippen LogP contribution in [0.5, 0.6) is 0 Å². The van der Waals surface area contributed by atoms with Gasteiger partial charge in [0.05, 0.1) is 5.69 Å². The summed E-state index contributed by atoms with van der Waals surface area (Å²) in [6.45, 7) is 15.2. The maximum atomic E-state index is 2.42. The lowest BCUT2D eigenvalue weighted by atomic mass is 10.0. The maximum Gasteiger partial charge on any atom is 0.0520 e. The Kier molecular flexibility index (Phi) is 7.30. The molecule has 0 spiro atoms. The molecule has 0 amide bonds. The standard InChI is InChI=1S/C37H38N2/c1-25-8-13-32(14-9-25)38(33-15-10-26(2)11-16-33)34-17-19-35(20-18-34)39(36-21-12-27(3)22-29(36)5)37-30(6)23-28(4)24-31(37)7/h8-24H,1-7H3. The summed E-state index contributed by atoms with van der Waals surface area (Å²) in [7, 11) is 0. The van der Waals surface area contributed by atoms with E-state index in [0.717, 1.165) is 22.7 Å². The van der Waals surface area contributed by atoms with E-state index in [-0.39, 0.29) is 0 Å². The number of benzene rings is 5. The van der Waals surface area contributed by atoms with Crippen LogP contribution in [0, 0.1) is 48.5 Å².